The van der Waals surface area contributed by atoms with Crippen molar-refractivity contribution in [1.82, 2.24) is 0 Å². The Balaban J connectivity index is 2.14. The van der Waals surface area contributed by atoms with Gasteiger partial charge in [-0.2, -0.15) is 0 Å². The topological polar surface area (TPSA) is 9.23 Å². The van der Waals surface area contributed by atoms with E-state index in [4.69, 9.17) is 4.74 Å². The Bertz CT molecular complexity index is 293. The zero-order valence-corrected chi connectivity index (χ0v) is 8.83. The predicted molar refractivity (Wildman–Crippen MR) is 58.4 cm³/mol. The second-order valence-corrected chi connectivity index (χ2v) is 3.95. The summed E-state index contributed by atoms with van der Waals surface area (Å²) in [6.07, 6.45) is 5.16. The monoisotopic (exact) mass is 190 g/mol. The van der Waals surface area contributed by atoms with Gasteiger partial charge in [0, 0.05) is 6.61 Å². The van der Waals surface area contributed by atoms with Crippen molar-refractivity contribution < 1.29 is 4.74 Å². The second kappa shape index (κ2) is 4.61. The Morgan fingerprint density at radius 1 is 1.36 bits per heavy atom. The van der Waals surface area contributed by atoms with Crippen molar-refractivity contribution in [3.63, 3.8) is 0 Å². The number of aryl methyl sites for hydroxylation is 1. The lowest BCUT2D eigenvalue weighted by atomic mass is 9.89. The zero-order valence-electron chi connectivity index (χ0n) is 8.83. The van der Waals surface area contributed by atoms with Crippen LogP contribution in [-0.4, -0.2) is 6.61 Å². The third-order valence-electron chi connectivity index (χ3n) is 2.84. The molecule has 0 N–H and O–H groups in total. The van der Waals surface area contributed by atoms with E-state index >= 15 is 0 Å². The molecule has 1 nitrogen and oxygen atoms in total. The highest BCUT2D eigenvalue weighted by Gasteiger charge is 2.19. The highest BCUT2D eigenvalue weighted by Crippen LogP contribution is 2.32. The van der Waals surface area contributed by atoms with Gasteiger partial charge < -0.3 is 4.74 Å². The molecule has 0 bridgehead atoms. The van der Waals surface area contributed by atoms with E-state index in [1.165, 1.54) is 30.4 Å². The molecule has 1 atom stereocenters. The van der Waals surface area contributed by atoms with Crippen LogP contribution < -0.4 is 0 Å². The molecule has 0 saturated heterocycles. The number of fused-ring (bicyclic) bond motifs is 1. The maximum Gasteiger partial charge on any atom is 0.0827 e. The van der Waals surface area contributed by atoms with Crippen LogP contribution in [0.2, 0.25) is 0 Å². The van der Waals surface area contributed by atoms with Crippen LogP contribution >= 0.6 is 0 Å². The second-order valence-electron chi connectivity index (χ2n) is 3.95. The molecule has 1 aliphatic carbocycles. The van der Waals surface area contributed by atoms with Crippen molar-refractivity contribution in [2.24, 2.45) is 0 Å². The van der Waals surface area contributed by atoms with Crippen LogP contribution in [0.1, 0.15) is 43.4 Å². The molecule has 0 radical (unpaired) electrons. The average molecular weight is 190 g/mol. The van der Waals surface area contributed by atoms with Crippen LogP contribution in [0.15, 0.2) is 24.3 Å². The van der Waals surface area contributed by atoms with Gasteiger partial charge in [-0.1, -0.05) is 31.2 Å². The first-order chi connectivity index (χ1) is 6.92. The number of ether oxygens (including phenoxy) is 1. The minimum absolute atomic E-state index is 0.361. The van der Waals surface area contributed by atoms with Gasteiger partial charge in [-0.25, -0.2) is 0 Å². The van der Waals surface area contributed by atoms with Gasteiger partial charge in [0.25, 0.3) is 0 Å². The van der Waals surface area contributed by atoms with Crippen molar-refractivity contribution in [3.8, 4) is 0 Å². The fraction of sp³-hybridized carbons (Fsp3) is 0.538. The van der Waals surface area contributed by atoms with Crippen LogP contribution in [0.5, 0.6) is 0 Å². The van der Waals surface area contributed by atoms with Crippen molar-refractivity contribution in [2.75, 3.05) is 6.61 Å². The highest BCUT2D eigenvalue weighted by atomic mass is 16.5. The molecular weight excluding hydrogens is 172 g/mol. The standard InChI is InChI=1S/C13H18O/c1-2-10-14-13-9-5-7-11-6-3-4-8-12(11)13/h3-4,6,8,13H,2,5,7,9-10H2,1H3/t13-/m0/s1. The Kier molecular flexibility index (Phi) is 3.20. The third kappa shape index (κ3) is 1.98. The Hall–Kier alpha value is -0.820. The quantitative estimate of drug-likeness (QED) is 0.709. The summed E-state index contributed by atoms with van der Waals surface area (Å²) in [5.41, 5.74) is 2.91. The molecule has 1 heteroatoms. The molecule has 0 unspecified atom stereocenters. The van der Waals surface area contributed by atoms with Crippen LogP contribution in [0.3, 0.4) is 0 Å². The van der Waals surface area contributed by atoms with Crippen molar-refractivity contribution in [3.05, 3.63) is 35.4 Å². The van der Waals surface area contributed by atoms with Gasteiger partial charge in [-0.15, -0.1) is 0 Å². The largest absolute Gasteiger partial charge is 0.374 e. The molecule has 0 saturated carbocycles. The minimum atomic E-state index is 0.361. The molecule has 1 aromatic rings. The summed E-state index contributed by atoms with van der Waals surface area (Å²) in [5, 5.41) is 0. The molecule has 0 amide bonds. The molecule has 1 aromatic carbocycles. The Labute approximate surface area is 86.1 Å². The number of benzene rings is 1. The van der Waals surface area contributed by atoms with Crippen molar-refractivity contribution in [1.29, 1.82) is 0 Å². The van der Waals surface area contributed by atoms with E-state index < -0.39 is 0 Å². The van der Waals surface area contributed by atoms with Crippen LogP contribution in [0, 0.1) is 0 Å². The molecular formula is C13H18O. The highest BCUT2D eigenvalue weighted by molar-refractivity contribution is 5.31. The van der Waals surface area contributed by atoms with E-state index in [9.17, 15) is 0 Å². The smallest absolute Gasteiger partial charge is 0.0827 e. The summed E-state index contributed by atoms with van der Waals surface area (Å²) < 4.78 is 5.86. The first-order valence-electron chi connectivity index (χ1n) is 5.61. The maximum absolute atomic E-state index is 5.86. The van der Waals surface area contributed by atoms with Gasteiger partial charge in [0.1, 0.15) is 0 Å². The third-order valence-corrected chi connectivity index (χ3v) is 2.84. The van der Waals surface area contributed by atoms with Gasteiger partial charge in [0.2, 0.25) is 0 Å². The van der Waals surface area contributed by atoms with E-state index in [2.05, 4.69) is 31.2 Å². The van der Waals surface area contributed by atoms with Gasteiger partial charge >= 0.3 is 0 Å². The summed E-state index contributed by atoms with van der Waals surface area (Å²) in [7, 11) is 0. The normalized spacial score (nSPS) is 20.5. The average Bonchev–Trinajstić information content (AvgIpc) is 2.26. The first-order valence-corrected chi connectivity index (χ1v) is 5.61. The van der Waals surface area contributed by atoms with Crippen LogP contribution in [0.4, 0.5) is 0 Å². The SMILES string of the molecule is CCCO[C@H]1CCCc2ccccc21. The molecule has 0 fully saturated rings. The maximum atomic E-state index is 5.86. The molecule has 2 rings (SSSR count). The summed E-state index contributed by atoms with van der Waals surface area (Å²) in [5.74, 6) is 0. The van der Waals surface area contributed by atoms with E-state index in [0.717, 1.165) is 13.0 Å². The van der Waals surface area contributed by atoms with Crippen molar-refractivity contribution >= 4 is 0 Å². The minimum Gasteiger partial charge on any atom is -0.374 e. The number of hydrogen-bond donors (Lipinski definition) is 0. The van der Waals surface area contributed by atoms with Crippen LogP contribution in [-0.2, 0) is 11.2 Å². The first kappa shape index (κ1) is 9.72. The molecule has 0 heterocycles. The summed E-state index contributed by atoms with van der Waals surface area (Å²) in [6.45, 7) is 3.05. The lowest BCUT2D eigenvalue weighted by molar-refractivity contribution is 0.0412. The molecule has 76 valence electrons. The predicted octanol–water partition coefficient (Wildman–Crippen LogP) is 3.49. The number of rotatable bonds is 3. The Morgan fingerprint density at radius 2 is 2.21 bits per heavy atom. The van der Waals surface area contributed by atoms with E-state index in [0.29, 0.717) is 6.10 Å². The van der Waals surface area contributed by atoms with Gasteiger partial charge in [-0.05, 0) is 36.8 Å². The van der Waals surface area contributed by atoms with E-state index in [1.807, 2.05) is 0 Å². The van der Waals surface area contributed by atoms with Gasteiger partial charge in [0.05, 0.1) is 6.10 Å². The Morgan fingerprint density at radius 3 is 3.07 bits per heavy atom. The lowest BCUT2D eigenvalue weighted by Gasteiger charge is -2.25. The molecule has 0 aliphatic heterocycles. The van der Waals surface area contributed by atoms with Gasteiger partial charge in [0.15, 0.2) is 0 Å². The molecule has 0 spiro atoms. The summed E-state index contributed by atoms with van der Waals surface area (Å²) in [4.78, 5) is 0. The summed E-state index contributed by atoms with van der Waals surface area (Å²) >= 11 is 0. The molecule has 14 heavy (non-hydrogen) atoms. The van der Waals surface area contributed by atoms with Crippen molar-refractivity contribution in [2.45, 2.75) is 38.7 Å². The summed E-state index contributed by atoms with van der Waals surface area (Å²) in [6, 6.07) is 8.69. The van der Waals surface area contributed by atoms with E-state index in [-0.39, 0.29) is 0 Å². The lowest BCUT2D eigenvalue weighted by Crippen LogP contribution is -2.13. The number of hydrogen-bond acceptors (Lipinski definition) is 1. The van der Waals surface area contributed by atoms with E-state index in [1.54, 1.807) is 0 Å². The van der Waals surface area contributed by atoms with Crippen LogP contribution in [0.25, 0.3) is 0 Å². The van der Waals surface area contributed by atoms with Gasteiger partial charge in [-0.3, -0.25) is 0 Å². The molecule has 0 aromatic heterocycles. The fourth-order valence-electron chi connectivity index (χ4n) is 2.14. The fourth-order valence-corrected chi connectivity index (χ4v) is 2.14. The zero-order chi connectivity index (χ0) is 9.80. The molecule has 1 aliphatic rings.